The number of carbonyl (C=O) groups excluding carboxylic acids is 1. The van der Waals surface area contributed by atoms with Crippen LogP contribution in [0.2, 0.25) is 5.02 Å². The van der Waals surface area contributed by atoms with Gasteiger partial charge in [0.2, 0.25) is 11.6 Å². The van der Waals surface area contributed by atoms with E-state index in [0.717, 1.165) is 5.56 Å². The lowest BCUT2D eigenvalue weighted by molar-refractivity contribution is -0.129. The number of halogens is 2. The van der Waals surface area contributed by atoms with E-state index in [4.69, 9.17) is 30.5 Å². The molecule has 0 saturated carbocycles. The Balaban J connectivity index is 1.64. The van der Waals surface area contributed by atoms with Gasteiger partial charge < -0.3 is 18.9 Å². The lowest BCUT2D eigenvalue weighted by Gasteiger charge is -2.16. The minimum absolute atomic E-state index is 0.0318. The number of rotatable bonds is 7. The van der Waals surface area contributed by atoms with Crippen molar-refractivity contribution in [3.8, 4) is 17.2 Å². The zero-order valence-electron chi connectivity index (χ0n) is 17.8. The molecule has 1 aliphatic heterocycles. The van der Waals surface area contributed by atoms with Gasteiger partial charge in [-0.25, -0.2) is 14.2 Å². The summed E-state index contributed by atoms with van der Waals surface area (Å²) in [5.74, 6) is 0.115. The highest BCUT2D eigenvalue weighted by atomic mass is 35.5. The van der Waals surface area contributed by atoms with Gasteiger partial charge in [-0.3, -0.25) is 0 Å². The predicted octanol–water partition coefficient (Wildman–Crippen LogP) is 5.42. The molecule has 0 spiro atoms. The van der Waals surface area contributed by atoms with Gasteiger partial charge in [-0.1, -0.05) is 35.9 Å². The van der Waals surface area contributed by atoms with Crippen molar-refractivity contribution in [1.29, 1.82) is 0 Å². The fourth-order valence-corrected chi connectivity index (χ4v) is 3.39. The highest BCUT2D eigenvalue weighted by molar-refractivity contribution is 6.31. The van der Waals surface area contributed by atoms with Crippen molar-refractivity contribution in [2.24, 2.45) is 4.99 Å². The fourth-order valence-electron chi connectivity index (χ4n) is 3.20. The molecule has 0 atom stereocenters. The standard InChI is InChI=1S/C25H19ClFNO5/c1-30-21-11-15(10-20-25(29)33-24(28-20)16-7-5-8-18(27)13-16)12-22(31-2)23(21)32-14-17-6-3-4-9-19(17)26/h3-13H,14H2,1-2H3/b20-10+. The van der Waals surface area contributed by atoms with Crippen LogP contribution in [-0.4, -0.2) is 26.1 Å². The zero-order valence-corrected chi connectivity index (χ0v) is 18.6. The third-order valence-corrected chi connectivity index (χ3v) is 5.18. The molecule has 168 valence electrons. The Labute approximate surface area is 194 Å². The Bertz CT molecular complexity index is 1250. The smallest absolute Gasteiger partial charge is 0.363 e. The molecule has 0 radical (unpaired) electrons. The van der Waals surface area contributed by atoms with Crippen molar-refractivity contribution < 1.29 is 28.1 Å². The number of carbonyl (C=O) groups is 1. The average Bonchev–Trinajstić information content (AvgIpc) is 3.18. The number of aliphatic imine (C=N–C) groups is 1. The number of cyclic esters (lactones) is 1. The van der Waals surface area contributed by atoms with Crippen molar-refractivity contribution in [2.75, 3.05) is 14.2 Å². The predicted molar refractivity (Wildman–Crippen MR) is 122 cm³/mol. The van der Waals surface area contributed by atoms with Crippen LogP contribution in [0.4, 0.5) is 4.39 Å². The SMILES string of the molecule is COc1cc(/C=C2/N=C(c3cccc(F)c3)OC2=O)cc(OC)c1OCc1ccccc1Cl. The van der Waals surface area contributed by atoms with Gasteiger partial charge in [0.05, 0.1) is 14.2 Å². The summed E-state index contributed by atoms with van der Waals surface area (Å²) >= 11 is 6.21. The van der Waals surface area contributed by atoms with Gasteiger partial charge in [0.15, 0.2) is 17.2 Å². The molecule has 0 amide bonds. The maximum absolute atomic E-state index is 13.5. The molecule has 1 heterocycles. The quantitative estimate of drug-likeness (QED) is 0.343. The maximum Gasteiger partial charge on any atom is 0.363 e. The second-order valence-corrected chi connectivity index (χ2v) is 7.39. The molecule has 3 aromatic carbocycles. The van der Waals surface area contributed by atoms with Crippen molar-refractivity contribution in [3.63, 3.8) is 0 Å². The van der Waals surface area contributed by atoms with Crippen LogP contribution in [0.15, 0.2) is 71.4 Å². The molecule has 1 aliphatic rings. The molecule has 8 heteroatoms. The summed E-state index contributed by atoms with van der Waals surface area (Å²) in [6.45, 7) is 0.209. The Kier molecular flexibility index (Phi) is 6.60. The first-order valence-electron chi connectivity index (χ1n) is 9.89. The van der Waals surface area contributed by atoms with Crippen molar-refractivity contribution in [1.82, 2.24) is 0 Å². The van der Waals surface area contributed by atoms with E-state index in [0.29, 0.717) is 33.4 Å². The topological polar surface area (TPSA) is 66.4 Å². The molecule has 0 aliphatic carbocycles. The number of hydrogen-bond acceptors (Lipinski definition) is 6. The van der Waals surface area contributed by atoms with Gasteiger partial charge in [0.25, 0.3) is 0 Å². The van der Waals surface area contributed by atoms with E-state index in [1.54, 1.807) is 24.3 Å². The molecule has 4 rings (SSSR count). The van der Waals surface area contributed by atoms with Crippen LogP contribution >= 0.6 is 11.6 Å². The molecule has 3 aromatic rings. The normalized spacial score (nSPS) is 14.1. The Morgan fingerprint density at radius 3 is 2.42 bits per heavy atom. The van der Waals surface area contributed by atoms with E-state index in [-0.39, 0.29) is 18.2 Å². The summed E-state index contributed by atoms with van der Waals surface area (Å²) in [6.07, 6.45) is 1.53. The number of methoxy groups -OCH3 is 2. The molecular weight excluding hydrogens is 449 g/mol. The molecule has 6 nitrogen and oxygen atoms in total. The molecular formula is C25H19ClFNO5. The summed E-state index contributed by atoms with van der Waals surface area (Å²) in [4.78, 5) is 16.5. The highest BCUT2D eigenvalue weighted by Gasteiger charge is 2.25. The molecule has 0 N–H and O–H groups in total. The third-order valence-electron chi connectivity index (χ3n) is 4.81. The number of esters is 1. The maximum atomic E-state index is 13.5. The van der Waals surface area contributed by atoms with Crippen LogP contribution in [0.1, 0.15) is 16.7 Å². The van der Waals surface area contributed by atoms with Crippen molar-refractivity contribution in [3.05, 3.63) is 93.9 Å². The van der Waals surface area contributed by atoms with Gasteiger partial charge in [-0.15, -0.1) is 0 Å². The van der Waals surface area contributed by atoms with Gasteiger partial charge in [0.1, 0.15) is 12.4 Å². The lowest BCUT2D eigenvalue weighted by Crippen LogP contribution is -2.05. The number of hydrogen-bond donors (Lipinski definition) is 0. The minimum Gasteiger partial charge on any atom is -0.493 e. The first-order valence-corrected chi connectivity index (χ1v) is 10.3. The molecule has 0 aromatic heterocycles. The number of nitrogens with zero attached hydrogens (tertiary/aromatic N) is 1. The summed E-state index contributed by atoms with van der Waals surface area (Å²) in [5, 5.41) is 0.587. The van der Waals surface area contributed by atoms with E-state index >= 15 is 0 Å². The van der Waals surface area contributed by atoms with Crippen LogP contribution in [0.5, 0.6) is 17.2 Å². The van der Waals surface area contributed by atoms with Crippen LogP contribution in [0.3, 0.4) is 0 Å². The van der Waals surface area contributed by atoms with E-state index in [9.17, 15) is 9.18 Å². The van der Waals surface area contributed by atoms with Crippen LogP contribution in [0.25, 0.3) is 6.08 Å². The van der Waals surface area contributed by atoms with Crippen LogP contribution < -0.4 is 14.2 Å². The van der Waals surface area contributed by atoms with Crippen LogP contribution in [-0.2, 0) is 16.1 Å². The second-order valence-electron chi connectivity index (χ2n) is 6.98. The third kappa shape index (κ3) is 4.99. The van der Waals surface area contributed by atoms with E-state index in [2.05, 4.69) is 4.99 Å². The van der Waals surface area contributed by atoms with Gasteiger partial charge in [-0.05, 0) is 48.0 Å². The van der Waals surface area contributed by atoms with E-state index < -0.39 is 11.8 Å². The Hall–Kier alpha value is -3.84. The fraction of sp³-hybridized carbons (Fsp3) is 0.120. The molecule has 0 fully saturated rings. The van der Waals surface area contributed by atoms with Gasteiger partial charge in [-0.2, -0.15) is 0 Å². The highest BCUT2D eigenvalue weighted by Crippen LogP contribution is 2.40. The van der Waals surface area contributed by atoms with Gasteiger partial charge >= 0.3 is 5.97 Å². The number of ether oxygens (including phenoxy) is 4. The Morgan fingerprint density at radius 1 is 1.03 bits per heavy atom. The molecule has 0 unspecified atom stereocenters. The average molecular weight is 468 g/mol. The van der Waals surface area contributed by atoms with Crippen LogP contribution in [0, 0.1) is 5.82 Å². The van der Waals surface area contributed by atoms with Gasteiger partial charge in [0, 0.05) is 16.1 Å². The minimum atomic E-state index is -0.647. The lowest BCUT2D eigenvalue weighted by atomic mass is 10.1. The largest absolute Gasteiger partial charge is 0.493 e. The summed E-state index contributed by atoms with van der Waals surface area (Å²) in [5.41, 5.74) is 1.81. The summed E-state index contributed by atoms with van der Waals surface area (Å²) < 4.78 is 35.6. The number of benzene rings is 3. The first kappa shape index (κ1) is 22.4. The van der Waals surface area contributed by atoms with Crippen molar-refractivity contribution >= 4 is 29.5 Å². The Morgan fingerprint density at radius 2 is 1.76 bits per heavy atom. The van der Waals surface area contributed by atoms with E-state index in [1.165, 1.54) is 38.5 Å². The van der Waals surface area contributed by atoms with E-state index in [1.807, 2.05) is 18.2 Å². The van der Waals surface area contributed by atoms with Crippen molar-refractivity contribution in [2.45, 2.75) is 6.61 Å². The summed E-state index contributed by atoms with van der Waals surface area (Å²) in [6, 6.07) is 16.4. The molecule has 0 bridgehead atoms. The second kappa shape index (κ2) is 9.75. The molecule has 0 saturated heterocycles. The first-order chi connectivity index (χ1) is 16.0. The summed E-state index contributed by atoms with van der Waals surface area (Å²) in [7, 11) is 3.00. The monoisotopic (exact) mass is 467 g/mol. The zero-order chi connectivity index (χ0) is 23.4. The molecule has 33 heavy (non-hydrogen) atoms.